The molecule has 2 aromatic carbocycles. The fourth-order valence-corrected chi connectivity index (χ4v) is 4.96. The van der Waals surface area contributed by atoms with Crippen LogP contribution < -0.4 is 5.32 Å². The molecule has 0 unspecified atom stereocenters. The van der Waals surface area contributed by atoms with Crippen LogP contribution >= 0.6 is 0 Å². The van der Waals surface area contributed by atoms with Crippen LogP contribution in [0.1, 0.15) is 24.8 Å². The van der Waals surface area contributed by atoms with Gasteiger partial charge in [-0.1, -0.05) is 48.5 Å². The summed E-state index contributed by atoms with van der Waals surface area (Å²) in [7, 11) is -3.63. The molecule has 0 radical (unpaired) electrons. The third-order valence-corrected chi connectivity index (χ3v) is 6.56. The Labute approximate surface area is 155 Å². The van der Waals surface area contributed by atoms with Crippen LogP contribution in [0.2, 0.25) is 0 Å². The second-order valence-corrected chi connectivity index (χ2v) is 8.36. The van der Waals surface area contributed by atoms with Gasteiger partial charge in [0.1, 0.15) is 6.04 Å². The molecule has 138 valence electrons. The van der Waals surface area contributed by atoms with Gasteiger partial charge in [-0.15, -0.1) is 0 Å². The third kappa shape index (κ3) is 4.31. The van der Waals surface area contributed by atoms with Crippen molar-refractivity contribution in [2.45, 2.75) is 36.6 Å². The Kier molecular flexibility index (Phi) is 6.06. The number of benzene rings is 2. The summed E-state index contributed by atoms with van der Waals surface area (Å²) in [6.45, 7) is 0.933. The fraction of sp³-hybridized carbons (Fsp3) is 0.350. The molecule has 0 bridgehead atoms. The quantitative estimate of drug-likeness (QED) is 0.760. The topological polar surface area (TPSA) is 66.5 Å². The van der Waals surface area contributed by atoms with E-state index < -0.39 is 16.1 Å². The average molecular weight is 372 g/mol. The standard InChI is InChI=1S/C20H24N2O3S/c23-20(21-15-7-11-17-9-3-1-4-10-17)19-14-8-16-22(19)26(24,25)18-12-5-2-6-13-18/h1-6,9-10,12-13,19H,7-8,11,14-16H2,(H,21,23)/t19-/m0/s1. The SMILES string of the molecule is O=C(NCCCc1ccccc1)[C@@H]1CCCN1S(=O)(=O)c1ccccc1. The monoisotopic (exact) mass is 372 g/mol. The molecule has 1 heterocycles. The molecule has 1 aliphatic heterocycles. The van der Waals surface area contributed by atoms with Gasteiger partial charge >= 0.3 is 0 Å². The van der Waals surface area contributed by atoms with Crippen molar-refractivity contribution in [2.24, 2.45) is 0 Å². The molecular weight excluding hydrogens is 348 g/mol. The highest BCUT2D eigenvalue weighted by molar-refractivity contribution is 7.89. The first-order valence-electron chi connectivity index (χ1n) is 8.97. The molecule has 26 heavy (non-hydrogen) atoms. The minimum atomic E-state index is -3.63. The third-order valence-electron chi connectivity index (χ3n) is 4.64. The normalized spacial score (nSPS) is 17.9. The van der Waals surface area contributed by atoms with E-state index in [0.717, 1.165) is 12.8 Å². The van der Waals surface area contributed by atoms with Crippen LogP contribution in [-0.2, 0) is 21.2 Å². The van der Waals surface area contributed by atoms with E-state index in [1.807, 2.05) is 18.2 Å². The van der Waals surface area contributed by atoms with Gasteiger partial charge in [0.2, 0.25) is 15.9 Å². The van der Waals surface area contributed by atoms with Gasteiger partial charge in [-0.05, 0) is 43.4 Å². The zero-order valence-electron chi connectivity index (χ0n) is 14.7. The zero-order valence-corrected chi connectivity index (χ0v) is 15.5. The minimum absolute atomic E-state index is 0.199. The van der Waals surface area contributed by atoms with Gasteiger partial charge in [-0.3, -0.25) is 4.79 Å². The lowest BCUT2D eigenvalue weighted by Gasteiger charge is -2.23. The second-order valence-electron chi connectivity index (χ2n) is 6.47. The summed E-state index contributed by atoms with van der Waals surface area (Å²) in [4.78, 5) is 12.8. The van der Waals surface area contributed by atoms with E-state index in [4.69, 9.17) is 0 Å². The van der Waals surface area contributed by atoms with Gasteiger partial charge in [-0.25, -0.2) is 8.42 Å². The molecule has 2 aromatic rings. The van der Waals surface area contributed by atoms with Crippen LogP contribution in [0.4, 0.5) is 0 Å². The lowest BCUT2D eigenvalue weighted by molar-refractivity contribution is -0.124. The average Bonchev–Trinajstić information content (AvgIpc) is 3.17. The molecule has 1 N–H and O–H groups in total. The zero-order chi connectivity index (χ0) is 18.4. The molecule has 1 atom stereocenters. The number of hydrogen-bond donors (Lipinski definition) is 1. The molecule has 1 fully saturated rings. The van der Waals surface area contributed by atoms with E-state index >= 15 is 0 Å². The van der Waals surface area contributed by atoms with Crippen LogP contribution in [-0.4, -0.2) is 37.8 Å². The maximum atomic E-state index is 12.8. The second kappa shape index (κ2) is 8.47. The summed E-state index contributed by atoms with van der Waals surface area (Å²) in [6.07, 6.45) is 2.98. The van der Waals surface area contributed by atoms with Crippen LogP contribution in [0.5, 0.6) is 0 Å². The van der Waals surface area contributed by atoms with Crippen molar-refractivity contribution in [3.05, 3.63) is 66.2 Å². The van der Waals surface area contributed by atoms with Crippen LogP contribution in [0, 0.1) is 0 Å². The predicted octanol–water partition coefficient (Wildman–Crippen LogP) is 2.59. The number of carbonyl (C=O) groups is 1. The predicted molar refractivity (Wildman–Crippen MR) is 101 cm³/mol. The van der Waals surface area contributed by atoms with Crippen molar-refractivity contribution < 1.29 is 13.2 Å². The highest BCUT2D eigenvalue weighted by Crippen LogP contribution is 2.26. The van der Waals surface area contributed by atoms with Crippen molar-refractivity contribution in [3.63, 3.8) is 0 Å². The van der Waals surface area contributed by atoms with Crippen molar-refractivity contribution in [3.8, 4) is 0 Å². The number of hydrogen-bond acceptors (Lipinski definition) is 3. The molecule has 3 rings (SSSR count). The summed E-state index contributed by atoms with van der Waals surface area (Å²) in [5, 5.41) is 2.90. The molecule has 0 spiro atoms. The Bertz CT molecular complexity index is 823. The molecule has 0 aliphatic carbocycles. The van der Waals surface area contributed by atoms with Gasteiger partial charge in [0.15, 0.2) is 0 Å². The molecule has 1 aliphatic rings. The van der Waals surface area contributed by atoms with Gasteiger partial charge in [0, 0.05) is 13.1 Å². The first kappa shape index (κ1) is 18.6. The number of aryl methyl sites for hydroxylation is 1. The summed E-state index contributed by atoms with van der Waals surface area (Å²) in [5.74, 6) is -0.199. The Morgan fingerprint density at radius 1 is 1.04 bits per heavy atom. The Morgan fingerprint density at radius 2 is 1.69 bits per heavy atom. The summed E-state index contributed by atoms with van der Waals surface area (Å²) >= 11 is 0. The molecule has 0 saturated carbocycles. The van der Waals surface area contributed by atoms with E-state index in [1.165, 1.54) is 9.87 Å². The van der Waals surface area contributed by atoms with Gasteiger partial charge < -0.3 is 5.32 Å². The maximum absolute atomic E-state index is 12.8. The van der Waals surface area contributed by atoms with Crippen LogP contribution in [0.25, 0.3) is 0 Å². The molecular formula is C20H24N2O3S. The largest absolute Gasteiger partial charge is 0.355 e. The maximum Gasteiger partial charge on any atom is 0.243 e. The summed E-state index contributed by atoms with van der Waals surface area (Å²) in [5.41, 5.74) is 1.23. The van der Waals surface area contributed by atoms with E-state index in [-0.39, 0.29) is 10.8 Å². The smallest absolute Gasteiger partial charge is 0.243 e. The van der Waals surface area contributed by atoms with E-state index in [0.29, 0.717) is 25.9 Å². The van der Waals surface area contributed by atoms with E-state index in [1.54, 1.807) is 30.3 Å². The Hall–Kier alpha value is -2.18. The van der Waals surface area contributed by atoms with E-state index in [9.17, 15) is 13.2 Å². The van der Waals surface area contributed by atoms with Crippen LogP contribution in [0.3, 0.4) is 0 Å². The van der Waals surface area contributed by atoms with Crippen molar-refractivity contribution in [2.75, 3.05) is 13.1 Å². The number of rotatable bonds is 7. The Morgan fingerprint density at radius 3 is 2.38 bits per heavy atom. The van der Waals surface area contributed by atoms with Gasteiger partial charge in [0.25, 0.3) is 0 Å². The van der Waals surface area contributed by atoms with Gasteiger partial charge in [-0.2, -0.15) is 4.31 Å². The molecule has 0 aromatic heterocycles. The number of nitrogens with one attached hydrogen (secondary N) is 1. The lowest BCUT2D eigenvalue weighted by atomic mass is 10.1. The van der Waals surface area contributed by atoms with Gasteiger partial charge in [0.05, 0.1) is 4.90 Å². The van der Waals surface area contributed by atoms with Crippen molar-refractivity contribution >= 4 is 15.9 Å². The minimum Gasteiger partial charge on any atom is -0.355 e. The summed E-state index contributed by atoms with van der Waals surface area (Å²) in [6, 6.07) is 17.8. The number of carbonyl (C=O) groups excluding carboxylic acids is 1. The fourth-order valence-electron chi connectivity index (χ4n) is 3.28. The van der Waals surface area contributed by atoms with Crippen molar-refractivity contribution in [1.29, 1.82) is 0 Å². The number of amides is 1. The molecule has 1 amide bonds. The molecule has 1 saturated heterocycles. The first-order valence-corrected chi connectivity index (χ1v) is 10.4. The van der Waals surface area contributed by atoms with E-state index in [2.05, 4.69) is 17.4 Å². The lowest BCUT2D eigenvalue weighted by Crippen LogP contribution is -2.46. The highest BCUT2D eigenvalue weighted by Gasteiger charge is 2.39. The summed E-state index contributed by atoms with van der Waals surface area (Å²) < 4.78 is 27.0. The Balaban J connectivity index is 1.56. The van der Waals surface area contributed by atoms with Crippen LogP contribution in [0.15, 0.2) is 65.6 Å². The molecule has 6 heteroatoms. The number of nitrogens with zero attached hydrogens (tertiary/aromatic N) is 1. The first-order chi connectivity index (χ1) is 12.6. The highest BCUT2D eigenvalue weighted by atomic mass is 32.2. The number of sulfonamides is 1. The molecule has 5 nitrogen and oxygen atoms in total. The van der Waals surface area contributed by atoms with Crippen molar-refractivity contribution in [1.82, 2.24) is 9.62 Å².